The SMILES string of the molecule is CNC(=O)c1ccc(-n2c(=O)c(C[C@@H](C)NC=O)c(Cc3ccc(Br)c(C(F)(F)F)c3)n3nc(F)c(CC(C)C)c23)cc1. The van der Waals surface area contributed by atoms with E-state index in [4.69, 9.17) is 0 Å². The summed E-state index contributed by atoms with van der Waals surface area (Å²) in [6.45, 7) is 5.43. The molecule has 0 aliphatic heterocycles. The molecule has 43 heavy (non-hydrogen) atoms. The fourth-order valence-corrected chi connectivity index (χ4v) is 5.48. The van der Waals surface area contributed by atoms with Gasteiger partial charge in [-0.2, -0.15) is 17.6 Å². The Labute approximate surface area is 253 Å². The number of hydrogen-bond acceptors (Lipinski definition) is 4. The molecule has 2 aromatic heterocycles. The van der Waals surface area contributed by atoms with Crippen LogP contribution in [0.2, 0.25) is 0 Å². The van der Waals surface area contributed by atoms with Crippen molar-refractivity contribution in [3.8, 4) is 5.69 Å². The number of carbonyl (C=O) groups is 2. The number of benzene rings is 2. The largest absolute Gasteiger partial charge is 0.417 e. The first-order valence-corrected chi connectivity index (χ1v) is 14.3. The molecule has 8 nitrogen and oxygen atoms in total. The molecule has 4 aromatic rings. The second kappa shape index (κ2) is 12.7. The number of fused-ring (bicyclic) bond motifs is 1. The van der Waals surface area contributed by atoms with E-state index in [9.17, 15) is 27.6 Å². The van der Waals surface area contributed by atoms with E-state index in [0.29, 0.717) is 17.7 Å². The molecule has 0 fully saturated rings. The molecular formula is C30H30BrF4N5O3. The minimum absolute atomic E-state index is 0.0111. The zero-order chi connectivity index (χ0) is 31.6. The Hall–Kier alpha value is -4.00. The van der Waals surface area contributed by atoms with Crippen molar-refractivity contribution in [1.82, 2.24) is 24.8 Å². The number of nitrogens with one attached hydrogen (secondary N) is 2. The summed E-state index contributed by atoms with van der Waals surface area (Å²) in [6.07, 6.45) is -4.12. The van der Waals surface area contributed by atoms with Crippen LogP contribution < -0.4 is 16.2 Å². The predicted octanol–water partition coefficient (Wildman–Crippen LogP) is 5.23. The van der Waals surface area contributed by atoms with E-state index in [0.717, 1.165) is 6.07 Å². The zero-order valence-electron chi connectivity index (χ0n) is 23.9. The number of halogens is 5. The number of amides is 2. The summed E-state index contributed by atoms with van der Waals surface area (Å²) in [6, 6.07) is 9.34. The van der Waals surface area contributed by atoms with Crippen molar-refractivity contribution in [3.63, 3.8) is 0 Å². The maximum Gasteiger partial charge on any atom is 0.417 e. The molecule has 2 amide bonds. The van der Waals surface area contributed by atoms with Gasteiger partial charge in [-0.15, -0.1) is 5.10 Å². The smallest absolute Gasteiger partial charge is 0.356 e. The van der Waals surface area contributed by atoms with Gasteiger partial charge in [-0.05, 0) is 67.6 Å². The van der Waals surface area contributed by atoms with Gasteiger partial charge in [0, 0.05) is 35.1 Å². The van der Waals surface area contributed by atoms with Crippen LogP contribution in [0.1, 0.15) is 59.1 Å². The van der Waals surface area contributed by atoms with E-state index < -0.39 is 29.3 Å². The van der Waals surface area contributed by atoms with E-state index in [1.54, 1.807) is 19.1 Å². The average Bonchev–Trinajstić information content (AvgIpc) is 3.25. The Morgan fingerprint density at radius 3 is 2.33 bits per heavy atom. The lowest BCUT2D eigenvalue weighted by atomic mass is 9.99. The summed E-state index contributed by atoms with van der Waals surface area (Å²) in [5, 5.41) is 9.27. The van der Waals surface area contributed by atoms with Crippen LogP contribution in [0.15, 0.2) is 51.7 Å². The van der Waals surface area contributed by atoms with Gasteiger partial charge in [0.1, 0.15) is 5.65 Å². The maximum absolute atomic E-state index is 15.6. The summed E-state index contributed by atoms with van der Waals surface area (Å²) < 4.78 is 59.2. The first-order chi connectivity index (χ1) is 20.3. The number of alkyl halides is 3. The first kappa shape index (κ1) is 31.9. The summed E-state index contributed by atoms with van der Waals surface area (Å²) in [5.74, 6) is -1.17. The molecule has 4 rings (SSSR count). The van der Waals surface area contributed by atoms with Gasteiger partial charge in [0.25, 0.3) is 11.5 Å². The molecule has 228 valence electrons. The highest BCUT2D eigenvalue weighted by molar-refractivity contribution is 9.10. The summed E-state index contributed by atoms with van der Waals surface area (Å²) in [7, 11) is 1.49. The van der Waals surface area contributed by atoms with Crippen LogP contribution in [0.5, 0.6) is 0 Å². The van der Waals surface area contributed by atoms with Gasteiger partial charge in [-0.1, -0.05) is 35.8 Å². The predicted molar refractivity (Wildman–Crippen MR) is 157 cm³/mol. The van der Waals surface area contributed by atoms with E-state index in [2.05, 4.69) is 31.7 Å². The van der Waals surface area contributed by atoms with Crippen LogP contribution in [0.4, 0.5) is 17.6 Å². The molecule has 13 heteroatoms. The van der Waals surface area contributed by atoms with Gasteiger partial charge in [-0.25, -0.2) is 4.52 Å². The lowest BCUT2D eigenvalue weighted by molar-refractivity contribution is -0.138. The molecule has 0 spiro atoms. The topological polar surface area (TPSA) is 97.5 Å². The van der Waals surface area contributed by atoms with E-state index >= 15 is 4.39 Å². The van der Waals surface area contributed by atoms with Crippen LogP contribution in [0.3, 0.4) is 0 Å². The van der Waals surface area contributed by atoms with Gasteiger partial charge >= 0.3 is 6.18 Å². The van der Waals surface area contributed by atoms with Crippen molar-refractivity contribution in [1.29, 1.82) is 0 Å². The van der Waals surface area contributed by atoms with Crippen LogP contribution in [0.25, 0.3) is 11.3 Å². The van der Waals surface area contributed by atoms with Gasteiger partial charge in [0.05, 0.1) is 22.5 Å². The molecule has 1 atom stereocenters. The normalized spacial score (nSPS) is 12.5. The number of carbonyl (C=O) groups excluding carboxylic acids is 2. The molecule has 0 aliphatic carbocycles. The van der Waals surface area contributed by atoms with Crippen molar-refractivity contribution in [2.45, 2.75) is 52.3 Å². The second-order valence-corrected chi connectivity index (χ2v) is 11.5. The molecule has 0 saturated carbocycles. The molecule has 0 aliphatic rings. The Balaban J connectivity index is 2.07. The number of nitrogens with zero attached hydrogens (tertiary/aromatic N) is 3. The van der Waals surface area contributed by atoms with E-state index in [1.165, 1.54) is 40.4 Å². The van der Waals surface area contributed by atoms with Gasteiger partial charge in [0.2, 0.25) is 12.4 Å². The highest BCUT2D eigenvalue weighted by Crippen LogP contribution is 2.36. The highest BCUT2D eigenvalue weighted by atomic mass is 79.9. The van der Waals surface area contributed by atoms with Crippen LogP contribution >= 0.6 is 15.9 Å². The minimum Gasteiger partial charge on any atom is -0.356 e. The fraction of sp³-hybridized carbons (Fsp3) is 0.333. The molecule has 0 radical (unpaired) electrons. The van der Waals surface area contributed by atoms with Gasteiger partial charge in [-0.3, -0.25) is 19.0 Å². The highest BCUT2D eigenvalue weighted by Gasteiger charge is 2.33. The lowest BCUT2D eigenvalue weighted by Gasteiger charge is -2.20. The van der Waals surface area contributed by atoms with E-state index in [-0.39, 0.29) is 63.6 Å². The molecule has 0 saturated heterocycles. The third-order valence-electron chi connectivity index (χ3n) is 6.98. The zero-order valence-corrected chi connectivity index (χ0v) is 25.4. The average molecular weight is 664 g/mol. The standard InChI is InChI=1S/C30H30BrF4N5O3/c1-16(2)11-22-26(32)38-40-25(14-18-5-10-24(31)23(13-18)30(33,34)35)21(12-17(3)37-15-41)29(43)39(28(22)40)20-8-6-19(7-9-20)27(42)36-4/h5-10,13,15-17H,11-12,14H2,1-4H3,(H,36,42)(H,37,41)/t17-/m1/s1. The van der Waals surface area contributed by atoms with Crippen LogP contribution in [-0.2, 0) is 30.2 Å². The van der Waals surface area contributed by atoms with Crippen molar-refractivity contribution in [3.05, 3.63) is 96.7 Å². The molecular weight excluding hydrogens is 634 g/mol. The Morgan fingerprint density at radius 1 is 1.07 bits per heavy atom. The van der Waals surface area contributed by atoms with E-state index in [1.807, 2.05) is 13.8 Å². The van der Waals surface area contributed by atoms with Crippen molar-refractivity contribution >= 4 is 33.9 Å². The molecule has 0 bridgehead atoms. The Morgan fingerprint density at radius 2 is 1.74 bits per heavy atom. The van der Waals surface area contributed by atoms with Crippen LogP contribution in [-0.4, -0.2) is 39.6 Å². The van der Waals surface area contributed by atoms with Crippen molar-refractivity contribution in [2.75, 3.05) is 7.05 Å². The monoisotopic (exact) mass is 663 g/mol. The van der Waals surface area contributed by atoms with Gasteiger partial charge in [0.15, 0.2) is 0 Å². The number of rotatable bonds is 10. The van der Waals surface area contributed by atoms with Crippen molar-refractivity contribution in [2.24, 2.45) is 5.92 Å². The Bertz CT molecular complexity index is 1730. The van der Waals surface area contributed by atoms with Crippen molar-refractivity contribution < 1.29 is 27.2 Å². The summed E-state index contributed by atoms with van der Waals surface area (Å²) in [4.78, 5) is 37.7. The second-order valence-electron chi connectivity index (χ2n) is 10.7. The number of hydrogen-bond donors (Lipinski definition) is 2. The Kier molecular flexibility index (Phi) is 9.43. The third-order valence-corrected chi connectivity index (χ3v) is 7.67. The van der Waals surface area contributed by atoms with Gasteiger partial charge < -0.3 is 10.6 Å². The maximum atomic E-state index is 15.6. The first-order valence-electron chi connectivity index (χ1n) is 13.5. The quantitative estimate of drug-likeness (QED) is 0.179. The third kappa shape index (κ3) is 6.66. The number of aromatic nitrogens is 3. The lowest BCUT2D eigenvalue weighted by Crippen LogP contribution is -2.34. The summed E-state index contributed by atoms with van der Waals surface area (Å²) >= 11 is 2.95. The molecule has 2 aromatic carbocycles. The molecule has 2 N–H and O–H groups in total. The minimum atomic E-state index is -4.64. The summed E-state index contributed by atoms with van der Waals surface area (Å²) in [5.41, 5.74) is 0.0914. The molecule has 2 heterocycles. The van der Waals surface area contributed by atoms with Crippen LogP contribution in [0, 0.1) is 11.9 Å². The molecule has 0 unspecified atom stereocenters. The fourth-order valence-electron chi connectivity index (χ4n) is 5.01.